The van der Waals surface area contributed by atoms with Crippen molar-refractivity contribution in [3.63, 3.8) is 0 Å². The van der Waals surface area contributed by atoms with Crippen LogP contribution in [0.3, 0.4) is 0 Å². The van der Waals surface area contributed by atoms with Crippen LogP contribution in [0.15, 0.2) is 30.3 Å². The molecule has 6 nitrogen and oxygen atoms in total. The monoisotopic (exact) mass is 238 g/mol. The summed E-state index contributed by atoms with van der Waals surface area (Å²) >= 11 is 0. The molecule has 0 saturated heterocycles. The molecule has 0 aliphatic heterocycles. The second-order valence-corrected chi connectivity index (χ2v) is 3.66. The first-order valence-electron chi connectivity index (χ1n) is 5.01. The van der Waals surface area contributed by atoms with Gasteiger partial charge in [-0.05, 0) is 12.1 Å². The zero-order chi connectivity index (χ0) is 12.9. The van der Waals surface area contributed by atoms with Crippen LogP contribution in [-0.2, 0) is 9.59 Å². The highest BCUT2D eigenvalue weighted by Gasteiger charge is 2.34. The van der Waals surface area contributed by atoms with Gasteiger partial charge in [0, 0.05) is 18.5 Å². The van der Waals surface area contributed by atoms with Gasteiger partial charge in [-0.1, -0.05) is 18.2 Å². The lowest BCUT2D eigenvalue weighted by Crippen LogP contribution is -2.55. The van der Waals surface area contributed by atoms with Crippen molar-refractivity contribution < 1.29 is 19.8 Å². The Bertz CT molecular complexity index is 407. The average molecular weight is 238 g/mol. The largest absolute Gasteiger partial charge is 0.481 e. The van der Waals surface area contributed by atoms with E-state index in [2.05, 4.69) is 5.32 Å². The van der Waals surface area contributed by atoms with Crippen molar-refractivity contribution in [2.24, 2.45) is 5.73 Å². The van der Waals surface area contributed by atoms with E-state index in [-0.39, 0.29) is 12.8 Å². The third kappa shape index (κ3) is 3.76. The molecule has 0 heterocycles. The third-order valence-electron chi connectivity index (χ3n) is 2.26. The summed E-state index contributed by atoms with van der Waals surface area (Å²) in [4.78, 5) is 21.5. The molecule has 0 fully saturated rings. The predicted octanol–water partition coefficient (Wildman–Crippen LogP) is 0.703. The number of nitrogens with two attached hydrogens (primary N) is 1. The molecule has 0 radical (unpaired) electrons. The summed E-state index contributed by atoms with van der Waals surface area (Å²) in [5.41, 5.74) is 4.40. The van der Waals surface area contributed by atoms with E-state index in [4.69, 9.17) is 15.9 Å². The summed E-state index contributed by atoms with van der Waals surface area (Å²) in [5.74, 6) is -2.38. The Morgan fingerprint density at radius 2 is 1.82 bits per heavy atom. The highest BCUT2D eigenvalue weighted by molar-refractivity contribution is 5.82. The molecule has 1 unspecified atom stereocenters. The molecule has 1 rings (SSSR count). The molecule has 0 saturated carbocycles. The number of carbonyl (C=O) groups is 2. The number of benzene rings is 1. The Morgan fingerprint density at radius 3 is 2.29 bits per heavy atom. The Labute approximate surface area is 98.1 Å². The summed E-state index contributed by atoms with van der Waals surface area (Å²) in [6, 6.07) is 8.54. The Kier molecular flexibility index (Phi) is 4.06. The van der Waals surface area contributed by atoms with Crippen molar-refractivity contribution >= 4 is 17.6 Å². The van der Waals surface area contributed by atoms with Crippen LogP contribution in [0.1, 0.15) is 12.8 Å². The number of carboxylic acid groups (broad SMARTS) is 2. The maximum Gasteiger partial charge on any atom is 0.344 e. The number of hydrogen-bond donors (Lipinski definition) is 4. The summed E-state index contributed by atoms with van der Waals surface area (Å²) in [6.45, 7) is 0. The maximum absolute atomic E-state index is 11.1. The topological polar surface area (TPSA) is 113 Å². The summed E-state index contributed by atoms with van der Waals surface area (Å²) in [6.07, 6.45) is -0.519. The molecule has 0 aliphatic carbocycles. The van der Waals surface area contributed by atoms with E-state index in [0.717, 1.165) is 0 Å². The van der Waals surface area contributed by atoms with Crippen LogP contribution in [0.25, 0.3) is 0 Å². The second-order valence-electron chi connectivity index (χ2n) is 3.66. The molecule has 6 heteroatoms. The van der Waals surface area contributed by atoms with Crippen LogP contribution in [0.2, 0.25) is 0 Å². The molecule has 1 atom stereocenters. The summed E-state index contributed by atoms with van der Waals surface area (Å²) < 4.78 is 0. The van der Waals surface area contributed by atoms with Crippen molar-refractivity contribution in [1.29, 1.82) is 0 Å². The highest BCUT2D eigenvalue weighted by atomic mass is 16.4. The molecule has 0 spiro atoms. The fraction of sp³-hybridized carbons (Fsp3) is 0.273. The molecular weight excluding hydrogens is 224 g/mol. The minimum absolute atomic E-state index is 0.202. The molecule has 0 aliphatic rings. The number of aliphatic carboxylic acids is 2. The van der Waals surface area contributed by atoms with E-state index >= 15 is 0 Å². The maximum atomic E-state index is 11.1. The van der Waals surface area contributed by atoms with E-state index in [1.807, 2.05) is 0 Å². The minimum atomic E-state index is -1.78. The number of hydrogen-bond acceptors (Lipinski definition) is 4. The van der Waals surface area contributed by atoms with E-state index in [9.17, 15) is 9.59 Å². The normalized spacial score (nSPS) is 13.7. The Morgan fingerprint density at radius 1 is 1.24 bits per heavy atom. The molecular formula is C11H14N2O4. The summed E-state index contributed by atoms with van der Waals surface area (Å²) in [5, 5.41) is 20.2. The number of anilines is 1. The van der Waals surface area contributed by atoms with E-state index in [0.29, 0.717) is 5.69 Å². The number of para-hydroxylation sites is 1. The Balaban J connectivity index is 2.78. The highest BCUT2D eigenvalue weighted by Crippen LogP contribution is 2.16. The van der Waals surface area contributed by atoms with Crippen molar-refractivity contribution in [1.82, 2.24) is 0 Å². The van der Waals surface area contributed by atoms with E-state index < -0.39 is 17.6 Å². The van der Waals surface area contributed by atoms with Gasteiger partial charge in [-0.15, -0.1) is 0 Å². The first-order chi connectivity index (χ1) is 7.94. The number of rotatable bonds is 6. The fourth-order valence-electron chi connectivity index (χ4n) is 1.31. The van der Waals surface area contributed by atoms with Gasteiger partial charge in [-0.3, -0.25) is 10.5 Å². The summed E-state index contributed by atoms with van der Waals surface area (Å²) in [7, 11) is 0. The molecule has 17 heavy (non-hydrogen) atoms. The van der Waals surface area contributed by atoms with Gasteiger partial charge in [0.25, 0.3) is 0 Å². The van der Waals surface area contributed by atoms with Gasteiger partial charge < -0.3 is 15.5 Å². The lowest BCUT2D eigenvalue weighted by Gasteiger charge is -2.26. The van der Waals surface area contributed by atoms with Gasteiger partial charge in [0.2, 0.25) is 0 Å². The number of carboxylic acids is 2. The lowest BCUT2D eigenvalue weighted by molar-refractivity contribution is -0.143. The molecule has 0 amide bonds. The van der Waals surface area contributed by atoms with Gasteiger partial charge in [0.05, 0.1) is 0 Å². The van der Waals surface area contributed by atoms with Gasteiger partial charge >= 0.3 is 11.9 Å². The smallest absolute Gasteiger partial charge is 0.344 e. The minimum Gasteiger partial charge on any atom is -0.481 e. The van der Waals surface area contributed by atoms with Crippen molar-refractivity contribution in [3.8, 4) is 0 Å². The van der Waals surface area contributed by atoms with Crippen molar-refractivity contribution in [3.05, 3.63) is 30.3 Å². The van der Waals surface area contributed by atoms with E-state index in [1.54, 1.807) is 30.3 Å². The van der Waals surface area contributed by atoms with Crippen molar-refractivity contribution in [2.75, 3.05) is 5.32 Å². The molecule has 0 bridgehead atoms. The quantitative estimate of drug-likeness (QED) is 0.543. The van der Waals surface area contributed by atoms with Crippen LogP contribution in [0.4, 0.5) is 5.69 Å². The fourth-order valence-corrected chi connectivity index (χ4v) is 1.31. The standard InChI is InChI=1S/C11H14N2O4/c12-11(10(16)17,7-6-9(14)15)13-8-4-2-1-3-5-8/h1-5,13H,6-7,12H2,(H,14,15)(H,16,17). The lowest BCUT2D eigenvalue weighted by atomic mass is 10.0. The van der Waals surface area contributed by atoms with Crippen LogP contribution in [-0.4, -0.2) is 27.8 Å². The van der Waals surface area contributed by atoms with Gasteiger partial charge in [-0.2, -0.15) is 0 Å². The Hall–Kier alpha value is -2.08. The van der Waals surface area contributed by atoms with Crippen LogP contribution >= 0.6 is 0 Å². The van der Waals surface area contributed by atoms with Crippen LogP contribution in [0.5, 0.6) is 0 Å². The molecule has 1 aromatic rings. The number of nitrogens with one attached hydrogen (secondary N) is 1. The van der Waals surface area contributed by atoms with Gasteiger partial charge in [0.15, 0.2) is 5.66 Å². The average Bonchev–Trinajstić information content (AvgIpc) is 2.27. The SMILES string of the molecule is NC(CCC(=O)O)(Nc1ccccc1)C(=O)O. The molecule has 1 aromatic carbocycles. The first-order valence-corrected chi connectivity index (χ1v) is 5.01. The first kappa shape index (κ1) is 13.0. The zero-order valence-electron chi connectivity index (χ0n) is 9.09. The van der Waals surface area contributed by atoms with Crippen molar-refractivity contribution in [2.45, 2.75) is 18.5 Å². The molecule has 5 N–H and O–H groups in total. The zero-order valence-corrected chi connectivity index (χ0v) is 9.09. The third-order valence-corrected chi connectivity index (χ3v) is 2.26. The predicted molar refractivity (Wildman–Crippen MR) is 61.5 cm³/mol. The van der Waals surface area contributed by atoms with Gasteiger partial charge in [0.1, 0.15) is 0 Å². The molecule has 0 aromatic heterocycles. The van der Waals surface area contributed by atoms with E-state index in [1.165, 1.54) is 0 Å². The second kappa shape index (κ2) is 5.31. The van der Waals surface area contributed by atoms with Crippen LogP contribution < -0.4 is 11.1 Å². The van der Waals surface area contributed by atoms with Crippen LogP contribution in [0, 0.1) is 0 Å². The molecule has 92 valence electrons. The van der Waals surface area contributed by atoms with Gasteiger partial charge in [-0.25, -0.2) is 4.79 Å².